The molecule has 0 heterocycles. The van der Waals surface area contributed by atoms with E-state index in [-0.39, 0.29) is 935 Å². The summed E-state index contributed by atoms with van der Waals surface area (Å²) >= 11 is 18.6. The van der Waals surface area contributed by atoms with Crippen molar-refractivity contribution >= 4 is 664 Å². The van der Waals surface area contributed by atoms with Crippen molar-refractivity contribution in [2.24, 2.45) is 81.8 Å². The topological polar surface area (TPSA) is 370 Å². The Morgan fingerprint density at radius 2 is 0.397 bits per heavy atom. The number of nitrogens with zero attached hydrogens (tertiary/aromatic N) is 16. The van der Waals surface area contributed by atoms with Gasteiger partial charge in [0.05, 0.1) is 62.6 Å². The van der Waals surface area contributed by atoms with Gasteiger partial charge in [-0.2, -0.15) is 66.5 Å². The molecule has 0 saturated heterocycles. The number of phenolic OH excluding ortho intramolecular Hbond substituents is 3. The van der Waals surface area contributed by atoms with E-state index in [4.69, 9.17) is 25.3 Å². The normalized spacial score (nSPS) is 8.26. The zero-order chi connectivity index (χ0) is 80.8. The molecule has 0 atom stereocenters. The molecule has 0 fully saturated rings. The maximum atomic E-state index is 10.6. The molecule has 569 valence electrons. The molecule has 1 radical (unpaired) electrons. The maximum absolute atomic E-state index is 10.6. The summed E-state index contributed by atoms with van der Waals surface area (Å²) in [6.07, 6.45) is 0. The van der Waals surface area contributed by atoms with Gasteiger partial charge in [-0.1, -0.05) is 59.7 Å². The molecule has 0 spiro atoms. The van der Waals surface area contributed by atoms with Crippen molar-refractivity contribution in [3.05, 3.63) is 286 Å². The van der Waals surface area contributed by atoms with Crippen LogP contribution in [0.4, 0.5) is 79.6 Å². The van der Waals surface area contributed by atoms with E-state index in [9.17, 15) is 15.3 Å². The van der Waals surface area contributed by atoms with E-state index in [1.807, 2.05) is 135 Å². The minimum atomic E-state index is -3.11. The predicted molar refractivity (Wildman–Crippen MR) is 500 cm³/mol. The summed E-state index contributed by atoms with van der Waals surface area (Å²) in [5, 5.41) is 101. The minimum absolute atomic E-state index is 0. The Hall–Kier alpha value is 42.8. The molecule has 26 nitrogen and oxygen atoms in total. The Labute approximate surface area is 1880 Å². The number of ether oxygens (including phenoxy) is 1. The van der Waals surface area contributed by atoms with Crippen LogP contribution in [0.3, 0.4) is 0 Å². The molecule has 10 aromatic rings. The molecule has 3 N–H and O–H groups in total. The van der Waals surface area contributed by atoms with Crippen LogP contribution in [0.1, 0.15) is 16.8 Å². The van der Waals surface area contributed by atoms with Crippen LogP contribution >= 0.6 is 0 Å². The first-order valence-electron chi connectivity index (χ1n) is 34.3. The van der Waals surface area contributed by atoms with E-state index in [1.54, 1.807) is 101 Å². The zero-order valence-corrected chi connectivity index (χ0v) is 239. The number of hydrogen-bond acceptors (Lipinski definition) is 26. The van der Waals surface area contributed by atoms with E-state index in [0.717, 1.165) is 586 Å². The van der Waals surface area contributed by atoms with Gasteiger partial charge >= 0.3 is 1380 Å². The van der Waals surface area contributed by atoms with Crippen LogP contribution in [0.25, 0.3) is 21.5 Å². The predicted octanol–water partition coefficient (Wildman–Crippen LogP) is -23.5. The third kappa shape index (κ3) is 134. The Bertz CT molecular complexity index is 4660. The molecular weight excluding hydrogens is 3940 g/mol. The molecule has 0 aliphatic rings. The average molecular weight is 4030 g/mol. The van der Waals surface area contributed by atoms with Gasteiger partial charge in [0.1, 0.15) is 22.8 Å². The Morgan fingerprint density at radius 1 is 0.244 bits per heavy atom. The van der Waals surface area contributed by atoms with E-state index in [0.29, 0.717) is 62.3 Å². The number of aromatic hydroxyl groups is 3. The molecule has 0 aromatic heterocycles. The van der Waals surface area contributed by atoms with E-state index < -0.39 is 21.2 Å². The van der Waals surface area contributed by atoms with Gasteiger partial charge in [-0.3, -0.25) is 0 Å². The van der Waals surface area contributed by atoms with E-state index in [2.05, 4.69) is 86.6 Å². The molecular formula is C72H88CuN16O10Rb30S2. The van der Waals surface area contributed by atoms with Crippen LogP contribution in [-0.4, -0.2) is 611 Å². The van der Waals surface area contributed by atoms with Gasteiger partial charge < -0.3 is 100 Å². The first-order chi connectivity index (χ1) is 51.4. The molecule has 131 heavy (non-hydrogen) atoms. The number of fused-ring (bicyclic) bond motifs is 2. The molecule has 0 aliphatic heterocycles. The van der Waals surface area contributed by atoms with Gasteiger partial charge in [0.2, 0.25) is 0 Å². The van der Waals surface area contributed by atoms with Gasteiger partial charge in [0.25, 0.3) is 0 Å². The molecule has 10 rings (SSSR count). The van der Waals surface area contributed by atoms with Gasteiger partial charge in [-0.25, -0.2) is 0 Å². The van der Waals surface area contributed by atoms with Crippen molar-refractivity contribution in [1.29, 1.82) is 0 Å². The number of azo groups is 8. The van der Waals surface area contributed by atoms with Crippen LogP contribution in [-0.2, 0) is 43.0 Å². The fourth-order valence-electron chi connectivity index (χ4n) is 7.50. The second-order valence-corrected chi connectivity index (χ2v) is 19.0. The van der Waals surface area contributed by atoms with Crippen LogP contribution in [0, 0.1) is 88.1 Å². The number of aryl methyl sites for hydroxylation is 2. The first-order valence-corrected chi connectivity index (χ1v) is 308. The van der Waals surface area contributed by atoms with Crippen LogP contribution < -0.4 is 815 Å². The summed E-state index contributed by atoms with van der Waals surface area (Å²) < 4.78 is 54.9. The summed E-state index contributed by atoms with van der Waals surface area (Å²) in [5.41, 5.74) is 10.5. The summed E-state index contributed by atoms with van der Waals surface area (Å²) in [5.74, 6) is 0.0357. The summed E-state index contributed by atoms with van der Waals surface area (Å²) in [7, 11) is 0.273. The van der Waals surface area contributed by atoms with Crippen LogP contribution in [0.5, 0.6) is 17.2 Å². The monoisotopic (exact) mass is 4010 g/mol. The summed E-state index contributed by atoms with van der Waals surface area (Å²) in [4.78, 5) is 0. The quantitative estimate of drug-likeness (QED) is 0.0524. The first kappa shape index (κ1) is 244. The van der Waals surface area contributed by atoms with Crippen molar-refractivity contribution in [3.63, 3.8) is 0 Å². The SMILES string of the molecule is CN=Nc1ccc(N=Nc2ccc(N=Nc3ccc(N=Nc4ccc5cc(C)ccc5c4O)c(O)c3)cc2)cc1.CN=Nc1ccc(N=Nc2ccc(N=Nc3ccc(N=Nc4ccc5cc(C)ccc5c4O)cc3)cc2)cc1.COC.O=S(=O)=O.O=S(=O)=O.[CH3-].[CH3-].[CH3-].[CH3-].[CH3-].[CH3-].[CH3-].[CH3-].[CH3-].[CH3-].[Cu].[H-].[H-].[H-].[H-].[Rb+].[Rb+].[Rb+].[Rb+].[Rb+].[Rb+].[Rb+].[Rb+].[Rb+].[Rb+].[Rb+].[Rb+].[Rb+].[Rb+].[Rb][Rb].[Rb][Rb].[Rb][Rb].[Rb][Rb].[Rb][Rb].[Rb][Rb].[Rb][Rb].[Rb][Rb]. The van der Waals surface area contributed by atoms with Gasteiger partial charge in [0, 0.05) is 62.2 Å². The van der Waals surface area contributed by atoms with Crippen molar-refractivity contribution < 1.29 is 883 Å². The summed E-state index contributed by atoms with van der Waals surface area (Å²) in [6, 6.07) is 59.7. The number of methoxy groups -OCH3 is 1. The standard InChI is InChI=1S/C30H24N8O2.C30H24N8O.C2H6O.10CH3.Cu.2O3S.30Rb.4H/c1-19-3-14-26-20(17-19)4-15-28(30(26)40)38-37-27-16-13-25(18-29(27)39)36-35-24-11-9-23(10-12-24)34-33-22-7-5-21(6-8-22)32-31-2;1-20-3-17-28-21(19-20)4-18-29(30(28)39)38-37-27-15-13-26(14-16-27)36-35-25-11-9-24(10-12-25)34-33-23-7-5-22(6-8-23)32-31-2;1-3-2;;;;;;;;;;;;2*1-4(2)3;;;;;;;;;;;;;;;;;;;;;;;;;;;;;;;;;;/h3-18,39-40H,1-2H3;3-19,39H,1-2H3;1-2H3;10*1H3;;;;;;;;;;;;;;;;;;;;;;;;;;;;;;;;;;;;;/q;;;10*-1;;;;;;;;;;;;;;;;;;;;14*+1;4*-1. The third-order valence-corrected chi connectivity index (χ3v) is 11.6. The van der Waals surface area contributed by atoms with Crippen molar-refractivity contribution in [3.8, 4) is 17.2 Å². The zero-order valence-electron chi connectivity index (χ0n) is 93.0. The molecule has 0 bridgehead atoms. The number of rotatable bonds is 14. The average Bonchev–Trinajstić information content (AvgIpc) is 0.809. The van der Waals surface area contributed by atoms with E-state index >= 15 is 0 Å². The molecule has 0 amide bonds. The second kappa shape index (κ2) is 181. The van der Waals surface area contributed by atoms with Gasteiger partial charge in [-0.05, 0) is 170 Å². The molecule has 0 unspecified atom stereocenters. The third-order valence-electron chi connectivity index (χ3n) is 11.6. The Balaban J connectivity index is -0.0000000354. The van der Waals surface area contributed by atoms with Crippen molar-refractivity contribution in [1.82, 2.24) is 0 Å². The van der Waals surface area contributed by atoms with Crippen molar-refractivity contribution in [2.75, 3.05) is 28.3 Å². The molecule has 10 aromatic carbocycles. The number of phenols is 3. The van der Waals surface area contributed by atoms with Gasteiger partial charge in [0.15, 0.2) is 11.5 Å². The van der Waals surface area contributed by atoms with Crippen molar-refractivity contribution in [2.45, 2.75) is 13.8 Å². The van der Waals surface area contributed by atoms with E-state index in [1.165, 1.54) is 6.07 Å². The second-order valence-electron chi connectivity index (χ2n) is 18.2. The van der Waals surface area contributed by atoms with Gasteiger partial charge in [-0.15, -0.1) is 40.6 Å². The van der Waals surface area contributed by atoms with Crippen LogP contribution in [0.15, 0.2) is 282 Å². The molecule has 59 heteroatoms. The Kier molecular flexibility index (Phi) is 338. The molecule has 0 saturated carbocycles. The number of hydrogen-bond donors (Lipinski definition) is 3. The molecule has 0 aliphatic carbocycles. The summed E-state index contributed by atoms with van der Waals surface area (Å²) in [6.45, 7) is 4.01. The fraction of sp³-hybridized carbons (Fsp3) is 0.0833. The number of benzene rings is 10. The van der Waals surface area contributed by atoms with Crippen LogP contribution in [0.2, 0.25) is 0 Å². The fourth-order valence-corrected chi connectivity index (χ4v) is 7.50. The Morgan fingerprint density at radius 3 is 0.588 bits per heavy atom.